The molecule has 2 aliphatic heterocycles. The lowest BCUT2D eigenvalue weighted by Crippen LogP contribution is -2.33. The number of fused-ring (bicyclic) bond motifs is 4. The summed E-state index contributed by atoms with van der Waals surface area (Å²) in [6.07, 6.45) is 0.756. The summed E-state index contributed by atoms with van der Waals surface area (Å²) < 4.78 is 11.9. The summed E-state index contributed by atoms with van der Waals surface area (Å²) in [6.45, 7) is 3.83. The number of nitrogens with one attached hydrogen (secondary N) is 1. The number of carbonyl (C=O) groups excluding carboxylic acids is 1. The van der Waals surface area contributed by atoms with Crippen LogP contribution in [0.25, 0.3) is 10.8 Å². The van der Waals surface area contributed by atoms with Gasteiger partial charge in [-0.05, 0) is 48.0 Å². The van der Waals surface area contributed by atoms with E-state index in [1.165, 1.54) is 16.3 Å². The number of amides is 1. The van der Waals surface area contributed by atoms with Crippen molar-refractivity contribution in [3.63, 3.8) is 0 Å². The SMILES string of the molecule is Cc1ccc2c(c1)C(NC(=O)c1cccc(N3COc4ccc5ccccc5c4C3)c1)CCO2. The standard InChI is InChI=1S/C29H26N2O3/c1-19-9-11-27-24(15-19)26(13-14-33-27)30-29(32)21-6-4-7-22(16-21)31-17-25-23-8-3-2-5-20(23)10-12-28(25)34-18-31/h2-12,15-16,26H,13-14,17-18H2,1H3,(H,30,32). The van der Waals surface area contributed by atoms with E-state index >= 15 is 0 Å². The van der Waals surface area contributed by atoms with Gasteiger partial charge in [0.25, 0.3) is 5.91 Å². The van der Waals surface area contributed by atoms with Crippen molar-refractivity contribution in [2.45, 2.75) is 25.9 Å². The highest BCUT2D eigenvalue weighted by Crippen LogP contribution is 2.35. The third-order valence-electron chi connectivity index (χ3n) is 6.71. The van der Waals surface area contributed by atoms with Crippen LogP contribution in [0.2, 0.25) is 0 Å². The van der Waals surface area contributed by atoms with Gasteiger partial charge in [-0.2, -0.15) is 0 Å². The van der Waals surface area contributed by atoms with Crippen LogP contribution in [0.4, 0.5) is 5.69 Å². The van der Waals surface area contributed by atoms with Crippen molar-refractivity contribution in [1.82, 2.24) is 5.32 Å². The normalized spacial score (nSPS) is 16.7. The molecule has 5 nitrogen and oxygen atoms in total. The van der Waals surface area contributed by atoms with Crippen LogP contribution in [-0.2, 0) is 6.54 Å². The third-order valence-corrected chi connectivity index (χ3v) is 6.71. The molecule has 5 heteroatoms. The van der Waals surface area contributed by atoms with Crippen LogP contribution < -0.4 is 19.7 Å². The Morgan fingerprint density at radius 1 is 0.941 bits per heavy atom. The Kier molecular flexibility index (Phi) is 5.10. The molecule has 1 N–H and O–H groups in total. The average molecular weight is 451 g/mol. The predicted molar refractivity (Wildman–Crippen MR) is 134 cm³/mol. The Hall–Kier alpha value is -3.99. The Bertz CT molecular complexity index is 1400. The minimum absolute atomic E-state index is 0.0589. The van der Waals surface area contributed by atoms with Gasteiger partial charge < -0.3 is 19.7 Å². The number of benzene rings is 4. The van der Waals surface area contributed by atoms with Crippen LogP contribution in [0.15, 0.2) is 78.9 Å². The largest absolute Gasteiger partial charge is 0.493 e. The maximum Gasteiger partial charge on any atom is 0.251 e. The molecule has 2 heterocycles. The lowest BCUT2D eigenvalue weighted by Gasteiger charge is -2.32. The molecule has 0 aromatic heterocycles. The first kappa shape index (κ1) is 20.6. The molecule has 4 aromatic rings. The van der Waals surface area contributed by atoms with Gasteiger partial charge in [-0.3, -0.25) is 4.79 Å². The van der Waals surface area contributed by atoms with E-state index in [-0.39, 0.29) is 11.9 Å². The van der Waals surface area contributed by atoms with Crippen LogP contribution >= 0.6 is 0 Å². The van der Waals surface area contributed by atoms with Crippen molar-refractivity contribution in [2.24, 2.45) is 0 Å². The molecule has 1 amide bonds. The highest BCUT2D eigenvalue weighted by molar-refractivity contribution is 5.95. The van der Waals surface area contributed by atoms with Crippen molar-refractivity contribution < 1.29 is 14.3 Å². The van der Waals surface area contributed by atoms with Gasteiger partial charge in [0.05, 0.1) is 19.2 Å². The highest BCUT2D eigenvalue weighted by atomic mass is 16.5. The molecule has 0 fully saturated rings. The molecule has 170 valence electrons. The van der Waals surface area contributed by atoms with Gasteiger partial charge >= 0.3 is 0 Å². The van der Waals surface area contributed by atoms with Crippen LogP contribution in [0, 0.1) is 6.92 Å². The summed E-state index contributed by atoms with van der Waals surface area (Å²) in [5, 5.41) is 5.62. The van der Waals surface area contributed by atoms with E-state index in [1.54, 1.807) is 0 Å². The minimum Gasteiger partial charge on any atom is -0.493 e. The quantitative estimate of drug-likeness (QED) is 0.431. The maximum atomic E-state index is 13.2. The molecule has 0 radical (unpaired) electrons. The molecule has 2 aliphatic rings. The Labute approximate surface area is 198 Å². The lowest BCUT2D eigenvalue weighted by atomic mass is 9.98. The number of hydrogen-bond acceptors (Lipinski definition) is 4. The van der Waals surface area contributed by atoms with E-state index in [1.807, 2.05) is 42.5 Å². The summed E-state index contributed by atoms with van der Waals surface area (Å²) in [5.74, 6) is 1.70. The first-order valence-corrected chi connectivity index (χ1v) is 11.7. The van der Waals surface area contributed by atoms with Crippen molar-refractivity contribution in [3.8, 4) is 11.5 Å². The molecule has 6 rings (SSSR count). The molecule has 0 bridgehead atoms. The number of rotatable bonds is 3. The molecule has 0 spiro atoms. The topological polar surface area (TPSA) is 50.8 Å². The van der Waals surface area contributed by atoms with Crippen LogP contribution in [0.3, 0.4) is 0 Å². The molecule has 1 unspecified atom stereocenters. The first-order chi connectivity index (χ1) is 16.7. The fourth-order valence-electron chi connectivity index (χ4n) is 4.91. The second-order valence-electron chi connectivity index (χ2n) is 8.99. The van der Waals surface area contributed by atoms with E-state index < -0.39 is 0 Å². The Balaban J connectivity index is 1.24. The molecule has 0 aliphatic carbocycles. The van der Waals surface area contributed by atoms with Crippen molar-refractivity contribution in [2.75, 3.05) is 18.2 Å². The third kappa shape index (κ3) is 3.73. The number of aryl methyl sites for hydroxylation is 1. The smallest absolute Gasteiger partial charge is 0.251 e. The number of anilines is 1. The van der Waals surface area contributed by atoms with Gasteiger partial charge in [0, 0.05) is 28.8 Å². The van der Waals surface area contributed by atoms with E-state index in [2.05, 4.69) is 53.5 Å². The summed E-state index contributed by atoms with van der Waals surface area (Å²) in [5.41, 5.74) is 4.98. The van der Waals surface area contributed by atoms with E-state index in [0.29, 0.717) is 18.9 Å². The van der Waals surface area contributed by atoms with Gasteiger partial charge in [-0.25, -0.2) is 0 Å². The number of ether oxygens (including phenoxy) is 2. The first-order valence-electron chi connectivity index (χ1n) is 11.7. The number of nitrogens with zero attached hydrogens (tertiary/aromatic N) is 1. The fourth-order valence-corrected chi connectivity index (χ4v) is 4.91. The summed E-state index contributed by atoms with van der Waals surface area (Å²) in [7, 11) is 0. The number of carbonyl (C=O) groups is 1. The summed E-state index contributed by atoms with van der Waals surface area (Å²) in [6, 6.07) is 26.4. The van der Waals surface area contributed by atoms with E-state index in [4.69, 9.17) is 9.47 Å². The minimum atomic E-state index is -0.0787. The molecular weight excluding hydrogens is 424 g/mol. The number of hydrogen-bond donors (Lipinski definition) is 1. The van der Waals surface area contributed by atoms with Gasteiger partial charge in [-0.1, -0.05) is 54.1 Å². The zero-order valence-electron chi connectivity index (χ0n) is 19.1. The van der Waals surface area contributed by atoms with E-state index in [9.17, 15) is 4.79 Å². The zero-order chi connectivity index (χ0) is 23.1. The Morgan fingerprint density at radius 3 is 2.76 bits per heavy atom. The molecule has 0 saturated heterocycles. The van der Waals surface area contributed by atoms with E-state index in [0.717, 1.165) is 41.3 Å². The monoisotopic (exact) mass is 450 g/mol. The lowest BCUT2D eigenvalue weighted by molar-refractivity contribution is 0.0924. The van der Waals surface area contributed by atoms with Gasteiger partial charge in [-0.15, -0.1) is 0 Å². The molecule has 0 saturated carbocycles. The molecule has 1 atom stereocenters. The van der Waals surface area contributed by atoms with Crippen LogP contribution in [0.5, 0.6) is 11.5 Å². The fraction of sp³-hybridized carbons (Fsp3) is 0.207. The van der Waals surface area contributed by atoms with Gasteiger partial charge in [0.1, 0.15) is 11.5 Å². The summed E-state index contributed by atoms with van der Waals surface area (Å²) >= 11 is 0. The second-order valence-corrected chi connectivity index (χ2v) is 8.99. The van der Waals surface area contributed by atoms with Crippen LogP contribution in [0.1, 0.15) is 39.5 Å². The maximum absolute atomic E-state index is 13.2. The molecule has 34 heavy (non-hydrogen) atoms. The zero-order valence-corrected chi connectivity index (χ0v) is 19.1. The van der Waals surface area contributed by atoms with Crippen molar-refractivity contribution in [3.05, 3.63) is 101 Å². The summed E-state index contributed by atoms with van der Waals surface area (Å²) in [4.78, 5) is 15.4. The molecule has 4 aromatic carbocycles. The second kappa shape index (κ2) is 8.41. The van der Waals surface area contributed by atoms with Gasteiger partial charge in [0.15, 0.2) is 6.73 Å². The van der Waals surface area contributed by atoms with Crippen LogP contribution in [-0.4, -0.2) is 19.2 Å². The van der Waals surface area contributed by atoms with Gasteiger partial charge in [0.2, 0.25) is 0 Å². The highest BCUT2D eigenvalue weighted by Gasteiger charge is 2.25. The average Bonchev–Trinajstić information content (AvgIpc) is 2.88. The van der Waals surface area contributed by atoms with Crippen molar-refractivity contribution >= 4 is 22.4 Å². The molecular formula is C29H26N2O3. The Morgan fingerprint density at radius 2 is 1.82 bits per heavy atom. The van der Waals surface area contributed by atoms with Crippen molar-refractivity contribution in [1.29, 1.82) is 0 Å². The predicted octanol–water partition coefficient (Wildman–Crippen LogP) is 5.76.